The van der Waals surface area contributed by atoms with Gasteiger partial charge in [0.2, 0.25) is 0 Å². The van der Waals surface area contributed by atoms with Crippen molar-refractivity contribution in [2.45, 2.75) is 0 Å². The molecule has 1 N–H and O–H groups in total. The summed E-state index contributed by atoms with van der Waals surface area (Å²) in [5, 5.41) is 4.02. The van der Waals surface area contributed by atoms with Crippen molar-refractivity contribution in [3.8, 4) is 0 Å². The van der Waals surface area contributed by atoms with Crippen molar-refractivity contribution in [1.29, 1.82) is 0 Å². The van der Waals surface area contributed by atoms with Crippen LogP contribution in [0.3, 0.4) is 0 Å². The third kappa shape index (κ3) is 3.45. The van der Waals surface area contributed by atoms with E-state index in [0.717, 1.165) is 16.8 Å². The number of fused-ring (bicyclic) bond motifs is 1. The lowest BCUT2D eigenvalue weighted by Gasteiger charge is -2.33. The van der Waals surface area contributed by atoms with Crippen molar-refractivity contribution in [3.05, 3.63) is 90.0 Å². The molecule has 0 bridgehead atoms. The average Bonchev–Trinajstić information content (AvgIpc) is 3.36. The monoisotopic (exact) mass is 490 g/mol. The highest BCUT2D eigenvalue weighted by Gasteiger charge is 2.34. The summed E-state index contributed by atoms with van der Waals surface area (Å²) in [6.45, 7) is 2.61. The molecule has 0 atom stereocenters. The summed E-state index contributed by atoms with van der Waals surface area (Å²) in [7, 11) is 0. The highest BCUT2D eigenvalue weighted by molar-refractivity contribution is 6.29. The van der Waals surface area contributed by atoms with Gasteiger partial charge >= 0.3 is 6.01 Å². The van der Waals surface area contributed by atoms with Crippen LogP contribution in [-0.2, 0) is 4.74 Å². The Morgan fingerprint density at radius 2 is 1.65 bits per heavy atom. The Kier molecular flexibility index (Phi) is 4.93. The summed E-state index contributed by atoms with van der Waals surface area (Å²) >= 11 is 0. The zero-order valence-corrected chi connectivity index (χ0v) is 19.8. The fourth-order valence-electron chi connectivity index (χ4n) is 5.22. The number of carbonyl (C=O) groups excluding carboxylic acids is 2. The maximum absolute atomic E-state index is 13.5. The van der Waals surface area contributed by atoms with E-state index in [0.29, 0.717) is 65.6 Å². The van der Waals surface area contributed by atoms with Gasteiger partial charge in [-0.2, -0.15) is 4.98 Å². The molecule has 2 amide bonds. The molecule has 1 saturated heterocycles. The van der Waals surface area contributed by atoms with E-state index in [4.69, 9.17) is 14.1 Å². The SMILES string of the molecule is O=C1NC(=O)c2c(N(c3ccccc3)c3nc4ccccc4o3)cc(N3CCOCC3)c3cccc1c23. The van der Waals surface area contributed by atoms with Crippen molar-refractivity contribution >= 4 is 56.8 Å². The molecule has 2 aliphatic heterocycles. The highest BCUT2D eigenvalue weighted by Crippen LogP contribution is 2.45. The number of para-hydroxylation sites is 3. The second-order valence-corrected chi connectivity index (χ2v) is 9.04. The third-order valence-corrected chi connectivity index (χ3v) is 6.90. The van der Waals surface area contributed by atoms with Gasteiger partial charge in [-0.1, -0.05) is 42.5 Å². The molecule has 7 rings (SSSR count). The largest absolute Gasteiger partial charge is 0.423 e. The van der Waals surface area contributed by atoms with Crippen LogP contribution in [-0.4, -0.2) is 43.1 Å². The summed E-state index contributed by atoms with van der Waals surface area (Å²) < 4.78 is 11.8. The highest BCUT2D eigenvalue weighted by atomic mass is 16.5. The maximum Gasteiger partial charge on any atom is 0.307 e. The fraction of sp³-hybridized carbons (Fsp3) is 0.138. The number of hydrogen-bond acceptors (Lipinski definition) is 7. The number of morpholine rings is 1. The molecular formula is C29H22N4O4. The molecule has 37 heavy (non-hydrogen) atoms. The van der Waals surface area contributed by atoms with Crippen molar-refractivity contribution in [2.24, 2.45) is 0 Å². The van der Waals surface area contributed by atoms with Crippen molar-refractivity contribution in [2.75, 3.05) is 36.1 Å². The van der Waals surface area contributed by atoms with Gasteiger partial charge in [-0.3, -0.25) is 19.8 Å². The van der Waals surface area contributed by atoms with Crippen LogP contribution in [0.1, 0.15) is 20.7 Å². The molecule has 0 aliphatic carbocycles. The van der Waals surface area contributed by atoms with E-state index in [1.54, 1.807) is 6.07 Å². The first-order chi connectivity index (χ1) is 18.2. The van der Waals surface area contributed by atoms with Crippen LogP contribution in [0.25, 0.3) is 21.9 Å². The van der Waals surface area contributed by atoms with E-state index in [1.165, 1.54) is 0 Å². The van der Waals surface area contributed by atoms with Gasteiger partial charge in [-0.15, -0.1) is 0 Å². The zero-order chi connectivity index (χ0) is 24.9. The van der Waals surface area contributed by atoms with E-state index in [2.05, 4.69) is 10.2 Å². The maximum atomic E-state index is 13.5. The van der Waals surface area contributed by atoms with E-state index >= 15 is 0 Å². The summed E-state index contributed by atoms with van der Waals surface area (Å²) in [4.78, 5) is 35.2. The molecule has 4 aromatic carbocycles. The number of aromatic nitrogens is 1. The minimum absolute atomic E-state index is 0.332. The number of nitrogens with one attached hydrogen (secondary N) is 1. The minimum atomic E-state index is -0.450. The first-order valence-corrected chi connectivity index (χ1v) is 12.2. The molecule has 0 spiro atoms. The number of carbonyl (C=O) groups is 2. The minimum Gasteiger partial charge on any atom is -0.423 e. The topological polar surface area (TPSA) is 87.9 Å². The van der Waals surface area contributed by atoms with Crippen LogP contribution >= 0.6 is 0 Å². The normalized spacial score (nSPS) is 15.3. The van der Waals surface area contributed by atoms with Crippen molar-refractivity contribution < 1.29 is 18.7 Å². The Hall–Kier alpha value is -4.69. The predicted molar refractivity (Wildman–Crippen MR) is 141 cm³/mol. The second kappa shape index (κ2) is 8.46. The number of imide groups is 1. The lowest BCUT2D eigenvalue weighted by molar-refractivity contribution is 0.0845. The summed E-state index contributed by atoms with van der Waals surface area (Å²) in [5.41, 5.74) is 4.52. The quantitative estimate of drug-likeness (QED) is 0.348. The fourth-order valence-corrected chi connectivity index (χ4v) is 5.22. The molecule has 5 aromatic rings. The lowest BCUT2D eigenvalue weighted by atomic mass is 9.91. The number of rotatable bonds is 4. The first-order valence-electron chi connectivity index (χ1n) is 12.2. The van der Waals surface area contributed by atoms with Gasteiger partial charge < -0.3 is 14.1 Å². The Labute approximate surface area is 212 Å². The van der Waals surface area contributed by atoms with E-state index < -0.39 is 11.8 Å². The van der Waals surface area contributed by atoms with Gasteiger partial charge in [0.05, 0.1) is 30.2 Å². The van der Waals surface area contributed by atoms with Gasteiger partial charge in [-0.05, 0) is 36.4 Å². The number of benzene rings is 4. The molecule has 1 fully saturated rings. The molecule has 0 saturated carbocycles. The second-order valence-electron chi connectivity index (χ2n) is 9.04. The number of ether oxygens (including phenoxy) is 1. The Morgan fingerprint density at radius 1 is 0.865 bits per heavy atom. The number of hydrogen-bond donors (Lipinski definition) is 1. The van der Waals surface area contributed by atoms with Crippen LogP contribution < -0.4 is 15.1 Å². The van der Waals surface area contributed by atoms with Gasteiger partial charge in [0.15, 0.2) is 5.58 Å². The first kappa shape index (κ1) is 21.6. The van der Waals surface area contributed by atoms with Gasteiger partial charge in [0, 0.05) is 35.1 Å². The van der Waals surface area contributed by atoms with E-state index in [-0.39, 0.29) is 0 Å². The number of oxazole rings is 1. The molecule has 0 radical (unpaired) electrons. The van der Waals surface area contributed by atoms with Crippen molar-refractivity contribution in [3.63, 3.8) is 0 Å². The van der Waals surface area contributed by atoms with E-state index in [1.807, 2.05) is 77.7 Å². The van der Waals surface area contributed by atoms with Gasteiger partial charge in [0.25, 0.3) is 11.8 Å². The Morgan fingerprint density at radius 3 is 2.46 bits per heavy atom. The van der Waals surface area contributed by atoms with Gasteiger partial charge in [-0.25, -0.2) is 0 Å². The van der Waals surface area contributed by atoms with Gasteiger partial charge in [0.1, 0.15) is 5.52 Å². The summed E-state index contributed by atoms with van der Waals surface area (Å²) in [6.07, 6.45) is 0. The van der Waals surface area contributed by atoms with Crippen LogP contribution in [0.15, 0.2) is 83.3 Å². The van der Waals surface area contributed by atoms with Crippen LogP contribution in [0.4, 0.5) is 23.1 Å². The Balaban J connectivity index is 1.57. The van der Waals surface area contributed by atoms with Crippen LogP contribution in [0.2, 0.25) is 0 Å². The smallest absolute Gasteiger partial charge is 0.307 e. The molecule has 8 heteroatoms. The van der Waals surface area contributed by atoms with E-state index in [9.17, 15) is 9.59 Å². The Bertz CT molecular complexity index is 1660. The average molecular weight is 491 g/mol. The predicted octanol–water partition coefficient (Wildman–Crippen LogP) is 5.17. The van der Waals surface area contributed by atoms with Crippen molar-refractivity contribution in [1.82, 2.24) is 10.3 Å². The molecule has 0 unspecified atom stereocenters. The van der Waals surface area contributed by atoms with Crippen LogP contribution in [0, 0.1) is 0 Å². The number of amides is 2. The number of nitrogens with zero attached hydrogens (tertiary/aromatic N) is 3. The third-order valence-electron chi connectivity index (χ3n) is 6.90. The lowest BCUT2D eigenvalue weighted by Crippen LogP contribution is -2.38. The summed E-state index contributed by atoms with van der Waals surface area (Å²) in [6, 6.07) is 25.1. The molecule has 182 valence electrons. The molecular weight excluding hydrogens is 468 g/mol. The molecule has 3 heterocycles. The number of anilines is 4. The molecule has 8 nitrogen and oxygen atoms in total. The molecule has 1 aromatic heterocycles. The zero-order valence-electron chi connectivity index (χ0n) is 19.8. The van der Waals surface area contributed by atoms with Crippen LogP contribution in [0.5, 0.6) is 0 Å². The molecule has 2 aliphatic rings. The summed E-state index contributed by atoms with van der Waals surface area (Å²) in [5.74, 6) is -0.851. The standard InChI is InChI=1S/C29H22N4O4/c34-27-20-10-6-9-19-22(32-13-15-36-16-14-32)17-23(26(25(19)20)28(35)31-27)33(18-7-2-1-3-8-18)29-30-21-11-4-5-12-24(21)37-29/h1-12,17H,13-16H2,(H,31,34,35).